The summed E-state index contributed by atoms with van der Waals surface area (Å²) in [5, 5.41) is 3.36. The molecule has 2 atom stereocenters. The molecule has 3 N–H and O–H groups in total. The summed E-state index contributed by atoms with van der Waals surface area (Å²) in [7, 11) is 2.18. The number of likely N-dealkylation sites (N-methyl/N-ethyl adjacent to an activating group) is 1. The molecule has 1 heterocycles. The van der Waals surface area contributed by atoms with Gasteiger partial charge in [-0.3, -0.25) is 9.69 Å². The van der Waals surface area contributed by atoms with Crippen LogP contribution >= 0.6 is 0 Å². The highest BCUT2D eigenvalue weighted by Crippen LogP contribution is 2.20. The lowest BCUT2D eigenvalue weighted by molar-refractivity contribution is -0.120. The molecule has 2 aliphatic rings. The SMILES string of the molecule is CC1CN(C)CCCN1CCC(NC1CC1)C(N)=O. The first-order valence-electron chi connectivity index (χ1n) is 7.54. The van der Waals surface area contributed by atoms with Gasteiger partial charge < -0.3 is 16.0 Å². The smallest absolute Gasteiger partial charge is 0.234 e. The maximum absolute atomic E-state index is 11.5. The van der Waals surface area contributed by atoms with Crippen molar-refractivity contribution in [1.29, 1.82) is 0 Å². The molecular weight excluding hydrogens is 240 g/mol. The number of hydrogen-bond donors (Lipinski definition) is 2. The first-order chi connectivity index (χ1) is 9.06. The fraction of sp³-hybridized carbons (Fsp3) is 0.929. The monoisotopic (exact) mass is 268 g/mol. The zero-order valence-corrected chi connectivity index (χ0v) is 12.3. The predicted octanol–water partition coefficient (Wildman–Crippen LogP) is 0.00840. The van der Waals surface area contributed by atoms with E-state index in [1.165, 1.54) is 25.8 Å². The van der Waals surface area contributed by atoms with Crippen LogP contribution in [0.2, 0.25) is 0 Å². The number of nitrogens with one attached hydrogen (secondary N) is 1. The second-order valence-electron chi connectivity index (χ2n) is 6.19. The summed E-state index contributed by atoms with van der Waals surface area (Å²) in [6.45, 7) is 6.63. The molecule has 2 fully saturated rings. The van der Waals surface area contributed by atoms with Gasteiger partial charge in [0.2, 0.25) is 5.91 Å². The normalized spacial score (nSPS) is 28.0. The van der Waals surface area contributed by atoms with Crippen molar-refractivity contribution in [3.05, 3.63) is 0 Å². The third kappa shape index (κ3) is 4.75. The van der Waals surface area contributed by atoms with Crippen molar-refractivity contribution in [2.75, 3.05) is 33.2 Å². The third-order valence-electron chi connectivity index (χ3n) is 4.25. The van der Waals surface area contributed by atoms with Gasteiger partial charge in [0.25, 0.3) is 0 Å². The Labute approximate surface area is 116 Å². The number of carbonyl (C=O) groups is 1. The maximum atomic E-state index is 11.5. The van der Waals surface area contributed by atoms with Crippen LogP contribution in [0.5, 0.6) is 0 Å². The molecule has 0 bridgehead atoms. The lowest BCUT2D eigenvalue weighted by Crippen LogP contribution is -2.46. The van der Waals surface area contributed by atoms with Gasteiger partial charge in [-0.1, -0.05) is 0 Å². The van der Waals surface area contributed by atoms with Crippen LogP contribution in [0.25, 0.3) is 0 Å². The Bertz CT molecular complexity index is 306. The van der Waals surface area contributed by atoms with E-state index in [-0.39, 0.29) is 11.9 Å². The highest BCUT2D eigenvalue weighted by molar-refractivity contribution is 5.79. The minimum Gasteiger partial charge on any atom is -0.368 e. The van der Waals surface area contributed by atoms with Crippen LogP contribution in [0.3, 0.4) is 0 Å². The lowest BCUT2D eigenvalue weighted by Gasteiger charge is -2.29. The van der Waals surface area contributed by atoms with E-state index in [1.807, 2.05) is 0 Å². The van der Waals surface area contributed by atoms with Gasteiger partial charge in [0.15, 0.2) is 0 Å². The second-order valence-corrected chi connectivity index (χ2v) is 6.19. The minimum absolute atomic E-state index is 0.152. The predicted molar refractivity (Wildman–Crippen MR) is 76.9 cm³/mol. The van der Waals surface area contributed by atoms with Crippen molar-refractivity contribution in [2.24, 2.45) is 5.73 Å². The molecule has 1 amide bonds. The molecule has 110 valence electrons. The number of hydrogen-bond acceptors (Lipinski definition) is 4. The summed E-state index contributed by atoms with van der Waals surface area (Å²) in [5.41, 5.74) is 5.49. The van der Waals surface area contributed by atoms with Gasteiger partial charge in [-0.15, -0.1) is 0 Å². The molecule has 5 heteroatoms. The molecule has 0 aromatic rings. The quantitative estimate of drug-likeness (QED) is 0.712. The van der Waals surface area contributed by atoms with Crippen LogP contribution in [0.15, 0.2) is 0 Å². The summed E-state index contributed by atoms with van der Waals surface area (Å²) < 4.78 is 0. The zero-order chi connectivity index (χ0) is 13.8. The van der Waals surface area contributed by atoms with Gasteiger partial charge >= 0.3 is 0 Å². The van der Waals surface area contributed by atoms with Crippen LogP contribution in [0, 0.1) is 0 Å². The van der Waals surface area contributed by atoms with E-state index in [0.29, 0.717) is 12.1 Å². The average molecular weight is 268 g/mol. The average Bonchev–Trinajstić information content (AvgIpc) is 3.14. The van der Waals surface area contributed by atoms with Crippen LogP contribution in [-0.4, -0.2) is 67.1 Å². The van der Waals surface area contributed by atoms with E-state index in [0.717, 1.165) is 26.1 Å². The van der Waals surface area contributed by atoms with Crippen molar-refractivity contribution in [3.63, 3.8) is 0 Å². The summed E-state index contributed by atoms with van der Waals surface area (Å²) in [6, 6.07) is 0.938. The Kier molecular flexibility index (Phi) is 5.19. The van der Waals surface area contributed by atoms with Crippen LogP contribution < -0.4 is 11.1 Å². The standard InChI is InChI=1S/C14H28N4O/c1-11-10-17(2)7-3-8-18(11)9-6-13(14(15)19)16-12-4-5-12/h11-13,16H,3-10H2,1-2H3,(H2,15,19). The molecule has 0 aromatic heterocycles. The first-order valence-corrected chi connectivity index (χ1v) is 7.54. The van der Waals surface area contributed by atoms with Crippen molar-refractivity contribution >= 4 is 5.91 Å². The molecule has 1 saturated carbocycles. The molecule has 0 aromatic carbocycles. The molecule has 2 rings (SSSR count). The number of rotatable bonds is 6. The Hall–Kier alpha value is -0.650. The Morgan fingerprint density at radius 1 is 1.42 bits per heavy atom. The highest BCUT2D eigenvalue weighted by Gasteiger charge is 2.28. The van der Waals surface area contributed by atoms with Gasteiger partial charge in [-0.2, -0.15) is 0 Å². The molecule has 0 spiro atoms. The third-order valence-corrected chi connectivity index (χ3v) is 4.25. The van der Waals surface area contributed by atoms with Crippen molar-refractivity contribution < 1.29 is 4.79 Å². The molecule has 19 heavy (non-hydrogen) atoms. The topological polar surface area (TPSA) is 61.6 Å². The molecule has 1 aliphatic carbocycles. The molecule has 1 saturated heterocycles. The Morgan fingerprint density at radius 2 is 2.16 bits per heavy atom. The Morgan fingerprint density at radius 3 is 2.79 bits per heavy atom. The fourth-order valence-corrected chi connectivity index (χ4v) is 2.89. The van der Waals surface area contributed by atoms with Gasteiger partial charge in [-0.25, -0.2) is 0 Å². The highest BCUT2D eigenvalue weighted by atomic mass is 16.1. The summed E-state index contributed by atoms with van der Waals surface area (Å²) >= 11 is 0. The van der Waals surface area contributed by atoms with Gasteiger partial charge in [-0.05, 0) is 52.7 Å². The van der Waals surface area contributed by atoms with Crippen LogP contribution in [-0.2, 0) is 4.79 Å². The number of nitrogens with zero attached hydrogens (tertiary/aromatic N) is 2. The van der Waals surface area contributed by atoms with Crippen molar-refractivity contribution in [2.45, 2.75) is 50.7 Å². The first kappa shape index (κ1) is 14.8. The lowest BCUT2D eigenvalue weighted by atomic mass is 10.1. The second kappa shape index (κ2) is 6.68. The van der Waals surface area contributed by atoms with Crippen molar-refractivity contribution in [1.82, 2.24) is 15.1 Å². The number of amides is 1. The Balaban J connectivity index is 1.79. The zero-order valence-electron chi connectivity index (χ0n) is 12.3. The van der Waals surface area contributed by atoms with E-state index in [4.69, 9.17) is 5.73 Å². The van der Waals surface area contributed by atoms with Crippen LogP contribution in [0.1, 0.15) is 32.6 Å². The van der Waals surface area contributed by atoms with E-state index < -0.39 is 0 Å². The van der Waals surface area contributed by atoms with E-state index in [1.54, 1.807) is 0 Å². The van der Waals surface area contributed by atoms with E-state index in [2.05, 4.69) is 29.1 Å². The molecule has 1 aliphatic heterocycles. The summed E-state index contributed by atoms with van der Waals surface area (Å²) in [4.78, 5) is 16.4. The maximum Gasteiger partial charge on any atom is 0.234 e. The van der Waals surface area contributed by atoms with Crippen LogP contribution in [0.4, 0.5) is 0 Å². The number of primary amides is 1. The largest absolute Gasteiger partial charge is 0.368 e. The van der Waals surface area contributed by atoms with Gasteiger partial charge in [0.05, 0.1) is 6.04 Å². The van der Waals surface area contributed by atoms with Crippen molar-refractivity contribution in [3.8, 4) is 0 Å². The van der Waals surface area contributed by atoms with E-state index >= 15 is 0 Å². The molecule has 2 unspecified atom stereocenters. The summed E-state index contributed by atoms with van der Waals surface area (Å²) in [6.07, 6.45) is 4.42. The minimum atomic E-state index is -0.202. The number of nitrogens with two attached hydrogens (primary N) is 1. The van der Waals surface area contributed by atoms with Gasteiger partial charge in [0, 0.05) is 25.2 Å². The summed E-state index contributed by atoms with van der Waals surface area (Å²) in [5.74, 6) is -0.202. The van der Waals surface area contributed by atoms with Gasteiger partial charge in [0.1, 0.15) is 0 Å². The fourth-order valence-electron chi connectivity index (χ4n) is 2.89. The van der Waals surface area contributed by atoms with E-state index in [9.17, 15) is 4.79 Å². The molecule has 0 radical (unpaired) electrons. The molecular formula is C14H28N4O. The number of carbonyl (C=O) groups excluding carboxylic acids is 1. The molecule has 5 nitrogen and oxygen atoms in total.